The smallest absolute Gasteiger partial charge is 0.276 e. The first-order valence-electron chi connectivity index (χ1n) is 12.3. The summed E-state index contributed by atoms with van der Waals surface area (Å²) in [7, 11) is 1.93. The molecule has 2 aromatic carbocycles. The van der Waals surface area contributed by atoms with Crippen molar-refractivity contribution in [3.8, 4) is 5.69 Å². The van der Waals surface area contributed by atoms with Crippen LogP contribution in [0.1, 0.15) is 49.4 Å². The summed E-state index contributed by atoms with van der Waals surface area (Å²) in [6, 6.07) is 9.01. The molecule has 198 valence electrons. The van der Waals surface area contributed by atoms with E-state index in [9.17, 15) is 23.5 Å². The van der Waals surface area contributed by atoms with Gasteiger partial charge in [0.05, 0.1) is 22.5 Å². The highest BCUT2D eigenvalue weighted by molar-refractivity contribution is 6.08. The number of fused-ring (bicyclic) bond motifs is 1. The van der Waals surface area contributed by atoms with Crippen molar-refractivity contribution in [2.24, 2.45) is 7.05 Å². The van der Waals surface area contributed by atoms with Crippen LogP contribution < -0.4 is 15.8 Å². The fourth-order valence-electron chi connectivity index (χ4n) is 4.91. The fraction of sp³-hybridized carbons (Fsp3) is 0.333. The Labute approximate surface area is 217 Å². The summed E-state index contributed by atoms with van der Waals surface area (Å²) in [6.45, 7) is 6.75. The summed E-state index contributed by atoms with van der Waals surface area (Å²) in [5, 5.41) is 17.4. The van der Waals surface area contributed by atoms with Gasteiger partial charge in [-0.2, -0.15) is 9.78 Å². The maximum absolute atomic E-state index is 14.3. The molecule has 1 aliphatic rings. The molecule has 1 atom stereocenters. The highest BCUT2D eigenvalue weighted by atomic mass is 19.1. The van der Waals surface area contributed by atoms with Crippen molar-refractivity contribution in [3.05, 3.63) is 76.0 Å². The van der Waals surface area contributed by atoms with E-state index in [4.69, 9.17) is 4.98 Å². The van der Waals surface area contributed by atoms with Gasteiger partial charge < -0.3 is 19.9 Å². The number of carbonyl (C=O) groups excluding carboxylic acids is 1. The molecule has 0 bridgehead atoms. The van der Waals surface area contributed by atoms with Crippen molar-refractivity contribution < 1.29 is 18.7 Å². The van der Waals surface area contributed by atoms with Crippen LogP contribution in [0.15, 0.2) is 47.3 Å². The van der Waals surface area contributed by atoms with Gasteiger partial charge in [0.1, 0.15) is 22.7 Å². The van der Waals surface area contributed by atoms with Gasteiger partial charge in [0.15, 0.2) is 11.6 Å². The number of β-amino-alcohol motifs (C(OH)–C–C–N with tert-alkyl or cyclic N) is 1. The van der Waals surface area contributed by atoms with Gasteiger partial charge in [-0.25, -0.2) is 13.8 Å². The lowest BCUT2D eigenvalue weighted by Crippen LogP contribution is -2.30. The molecule has 2 N–H and O–H groups in total. The minimum Gasteiger partial charge on any atom is -0.388 e. The largest absolute Gasteiger partial charge is 0.388 e. The Morgan fingerprint density at radius 3 is 2.45 bits per heavy atom. The zero-order valence-electron chi connectivity index (χ0n) is 21.5. The number of carbonyl (C=O) groups is 1. The van der Waals surface area contributed by atoms with E-state index in [1.165, 1.54) is 12.1 Å². The Balaban J connectivity index is 1.58. The molecule has 11 heteroatoms. The number of halogens is 2. The summed E-state index contributed by atoms with van der Waals surface area (Å²) in [5.74, 6) is -1.62. The van der Waals surface area contributed by atoms with E-state index in [0.29, 0.717) is 41.1 Å². The summed E-state index contributed by atoms with van der Waals surface area (Å²) >= 11 is 0. The molecule has 3 heterocycles. The van der Waals surface area contributed by atoms with Crippen LogP contribution in [0, 0.1) is 11.6 Å². The molecule has 1 amide bonds. The van der Waals surface area contributed by atoms with Crippen LogP contribution in [-0.4, -0.2) is 49.0 Å². The van der Waals surface area contributed by atoms with Gasteiger partial charge in [0, 0.05) is 32.1 Å². The first kappa shape index (κ1) is 25.5. The molecule has 2 aromatic heterocycles. The molecule has 0 aliphatic carbocycles. The second-order valence-electron chi connectivity index (χ2n) is 10.2. The van der Waals surface area contributed by atoms with Gasteiger partial charge in [-0.1, -0.05) is 19.9 Å². The second kappa shape index (κ2) is 9.32. The Morgan fingerprint density at radius 2 is 1.82 bits per heavy atom. The normalized spacial score (nSPS) is 17.5. The maximum Gasteiger partial charge on any atom is 0.276 e. The fourth-order valence-corrected chi connectivity index (χ4v) is 4.91. The monoisotopic (exact) mass is 522 g/mol. The number of anilines is 2. The van der Waals surface area contributed by atoms with Crippen molar-refractivity contribution in [1.82, 2.24) is 19.3 Å². The van der Waals surface area contributed by atoms with Gasteiger partial charge in [-0.05, 0) is 43.7 Å². The third-order valence-corrected chi connectivity index (χ3v) is 6.78. The highest BCUT2D eigenvalue weighted by Crippen LogP contribution is 2.39. The third kappa shape index (κ3) is 4.43. The van der Waals surface area contributed by atoms with E-state index < -0.39 is 34.4 Å². The lowest BCUT2D eigenvalue weighted by molar-refractivity contribution is 0.0839. The number of aromatic nitrogens is 4. The summed E-state index contributed by atoms with van der Waals surface area (Å²) < 4.78 is 31.2. The number of hydrogen-bond donors (Lipinski definition) is 2. The average Bonchev–Trinajstić information content (AvgIpc) is 3.38. The number of amides is 1. The maximum atomic E-state index is 14.3. The summed E-state index contributed by atoms with van der Waals surface area (Å²) in [5.41, 5.74) is 0.0725. The Bertz CT molecular complexity index is 1610. The topological polar surface area (TPSA) is 105 Å². The van der Waals surface area contributed by atoms with Crippen LogP contribution in [0.25, 0.3) is 16.7 Å². The number of nitrogens with zero attached hydrogens (tertiary/aromatic N) is 5. The van der Waals surface area contributed by atoms with Crippen molar-refractivity contribution in [3.63, 3.8) is 0 Å². The second-order valence-corrected chi connectivity index (χ2v) is 10.2. The van der Waals surface area contributed by atoms with Crippen LogP contribution in [0.2, 0.25) is 0 Å². The number of benzene rings is 2. The van der Waals surface area contributed by atoms with Gasteiger partial charge in [0.2, 0.25) is 0 Å². The van der Waals surface area contributed by atoms with Crippen LogP contribution in [0.4, 0.5) is 20.2 Å². The van der Waals surface area contributed by atoms with Crippen LogP contribution in [0.5, 0.6) is 0 Å². The number of nitrogens with one attached hydrogen (secondary N) is 1. The molecule has 38 heavy (non-hydrogen) atoms. The lowest BCUT2D eigenvalue weighted by atomic mass is 10.1. The van der Waals surface area contributed by atoms with Crippen molar-refractivity contribution >= 4 is 28.3 Å². The number of imidazole rings is 1. The van der Waals surface area contributed by atoms with Gasteiger partial charge in [0.25, 0.3) is 11.5 Å². The van der Waals surface area contributed by atoms with Crippen LogP contribution in [0.3, 0.4) is 0 Å². The van der Waals surface area contributed by atoms with E-state index in [0.717, 1.165) is 29.5 Å². The molecule has 1 aliphatic heterocycles. The van der Waals surface area contributed by atoms with Gasteiger partial charge >= 0.3 is 0 Å². The molecule has 4 aromatic rings. The molecule has 5 rings (SSSR count). The number of para-hydroxylation sites is 1. The van der Waals surface area contributed by atoms with Gasteiger partial charge in [-0.15, -0.1) is 0 Å². The quantitative estimate of drug-likeness (QED) is 0.414. The molecule has 1 saturated heterocycles. The molecule has 0 spiro atoms. The minimum atomic E-state index is -0.984. The molecule has 0 unspecified atom stereocenters. The van der Waals surface area contributed by atoms with E-state index in [1.807, 2.05) is 36.4 Å². The van der Waals surface area contributed by atoms with E-state index in [-0.39, 0.29) is 11.6 Å². The standard InChI is InChI=1S/C27H28F2N6O3/c1-15(2)25-31-22-20(33(25)4)10-8-18(24(22)34-13-12-27(3,38)14-34)30-26(37)19-9-11-21(36)35(32-19)23-16(28)6-5-7-17(23)29/h5-11,15,38H,12-14H2,1-4H3,(H,30,37)/t27-/m1/s1. The zero-order valence-corrected chi connectivity index (χ0v) is 21.5. The highest BCUT2D eigenvalue weighted by Gasteiger charge is 2.34. The number of hydrogen-bond acceptors (Lipinski definition) is 6. The lowest BCUT2D eigenvalue weighted by Gasteiger charge is -2.24. The van der Waals surface area contributed by atoms with E-state index >= 15 is 0 Å². The summed E-state index contributed by atoms with van der Waals surface area (Å²) in [4.78, 5) is 32.6. The number of aryl methyl sites for hydroxylation is 1. The van der Waals surface area contributed by atoms with Crippen molar-refractivity contribution in [2.45, 2.75) is 38.7 Å². The predicted molar refractivity (Wildman–Crippen MR) is 140 cm³/mol. The van der Waals surface area contributed by atoms with E-state index in [1.54, 1.807) is 13.0 Å². The average molecular weight is 523 g/mol. The van der Waals surface area contributed by atoms with Crippen LogP contribution in [-0.2, 0) is 7.05 Å². The van der Waals surface area contributed by atoms with E-state index in [2.05, 4.69) is 10.4 Å². The molecule has 0 radical (unpaired) electrons. The minimum absolute atomic E-state index is 0.156. The van der Waals surface area contributed by atoms with Crippen molar-refractivity contribution in [1.29, 1.82) is 0 Å². The Morgan fingerprint density at radius 1 is 1.11 bits per heavy atom. The molecule has 9 nitrogen and oxygen atoms in total. The first-order valence-corrected chi connectivity index (χ1v) is 12.3. The summed E-state index contributed by atoms with van der Waals surface area (Å²) in [6.07, 6.45) is 0.543. The van der Waals surface area contributed by atoms with Crippen molar-refractivity contribution in [2.75, 3.05) is 23.3 Å². The number of aliphatic hydroxyl groups is 1. The first-order chi connectivity index (χ1) is 18.0. The molecular weight excluding hydrogens is 494 g/mol. The Hall–Kier alpha value is -4.12. The van der Waals surface area contributed by atoms with Gasteiger partial charge in [-0.3, -0.25) is 9.59 Å². The molecule has 0 saturated carbocycles. The number of rotatable bonds is 5. The van der Waals surface area contributed by atoms with Crippen LogP contribution >= 0.6 is 0 Å². The molecule has 1 fully saturated rings. The SMILES string of the molecule is CC(C)c1nc2c(N3CC[C@@](C)(O)C3)c(NC(=O)c3ccc(=O)n(-c4c(F)cccc4F)n3)ccc2n1C. The Kier molecular flexibility index (Phi) is 6.26. The molecular formula is C27H28F2N6O3. The predicted octanol–water partition coefficient (Wildman–Crippen LogP) is 3.73. The zero-order chi connectivity index (χ0) is 27.4. The third-order valence-electron chi connectivity index (χ3n) is 6.78.